The first-order valence-electron chi connectivity index (χ1n) is 8.92. The fourth-order valence-corrected chi connectivity index (χ4v) is 4.56. The van der Waals surface area contributed by atoms with Gasteiger partial charge in [0.05, 0.1) is 21.2 Å². The van der Waals surface area contributed by atoms with Crippen LogP contribution in [0.4, 0.5) is 11.4 Å². The largest absolute Gasteiger partial charge is 0.384 e. The van der Waals surface area contributed by atoms with Crippen LogP contribution in [0, 0.1) is 0 Å². The molecule has 0 amide bonds. The summed E-state index contributed by atoms with van der Waals surface area (Å²) in [7, 11) is -4.72. The van der Waals surface area contributed by atoms with E-state index < -0.39 is 20.0 Å². The molecule has 0 bridgehead atoms. The molecule has 0 aromatic heterocycles. The lowest BCUT2D eigenvalue weighted by molar-refractivity contribution is 0.521. The molecule has 0 spiro atoms. The number of nitrogens with zero attached hydrogens (tertiary/aromatic N) is 1. The molecule has 0 aliphatic carbocycles. The Hall–Kier alpha value is -2.10. The molecule has 0 radical (unpaired) electrons. The summed E-state index contributed by atoms with van der Waals surface area (Å²) in [4.78, 5) is 0.118. The van der Waals surface area contributed by atoms with Gasteiger partial charge in [0.2, 0.25) is 10.0 Å². The lowest BCUT2D eigenvalue weighted by atomic mass is 10.0. The second-order valence-electron chi connectivity index (χ2n) is 6.85. The molecule has 28 heavy (non-hydrogen) atoms. The summed E-state index contributed by atoms with van der Waals surface area (Å²) in [5.74, 6) is 0.290. The summed E-state index contributed by atoms with van der Waals surface area (Å²) >= 11 is 0. The average molecular weight is 426 g/mol. The molecule has 2 rings (SSSR count). The van der Waals surface area contributed by atoms with E-state index in [0.717, 1.165) is 9.87 Å². The van der Waals surface area contributed by atoms with Crippen LogP contribution in [0.5, 0.6) is 0 Å². The summed E-state index contributed by atoms with van der Waals surface area (Å²) < 4.78 is 54.1. The third-order valence-corrected chi connectivity index (χ3v) is 7.43. The summed E-state index contributed by atoms with van der Waals surface area (Å²) in [6.07, 6.45) is 0. The molecular formula is C19H27N3O4S2. The van der Waals surface area contributed by atoms with E-state index in [0.29, 0.717) is 12.2 Å². The lowest BCUT2D eigenvalue weighted by Crippen LogP contribution is -2.22. The number of nitrogens with one attached hydrogen (secondary N) is 2. The topological polar surface area (TPSA) is 95.6 Å². The van der Waals surface area contributed by atoms with Crippen molar-refractivity contribution in [2.45, 2.75) is 36.5 Å². The molecule has 7 nitrogen and oxygen atoms in total. The monoisotopic (exact) mass is 425 g/mol. The maximum absolute atomic E-state index is 12.8. The van der Waals surface area contributed by atoms with Gasteiger partial charge in [-0.2, -0.15) is 0 Å². The van der Waals surface area contributed by atoms with Crippen LogP contribution >= 0.6 is 0 Å². The van der Waals surface area contributed by atoms with Gasteiger partial charge in [0, 0.05) is 20.6 Å². The van der Waals surface area contributed by atoms with Gasteiger partial charge < -0.3 is 5.32 Å². The van der Waals surface area contributed by atoms with E-state index in [1.54, 1.807) is 30.3 Å². The molecule has 0 fully saturated rings. The zero-order chi connectivity index (χ0) is 21.1. The molecule has 0 unspecified atom stereocenters. The molecule has 0 saturated heterocycles. The summed E-state index contributed by atoms with van der Waals surface area (Å²) in [5, 5.41) is 3.05. The van der Waals surface area contributed by atoms with Crippen molar-refractivity contribution in [3.05, 3.63) is 48.0 Å². The van der Waals surface area contributed by atoms with Crippen molar-refractivity contribution in [3.8, 4) is 0 Å². The third kappa shape index (κ3) is 4.84. The molecule has 154 valence electrons. The van der Waals surface area contributed by atoms with Gasteiger partial charge in [0.15, 0.2) is 0 Å². The summed E-state index contributed by atoms with van der Waals surface area (Å²) in [6, 6.07) is 11.0. The first kappa shape index (κ1) is 22.2. The maximum atomic E-state index is 12.8. The van der Waals surface area contributed by atoms with E-state index in [-0.39, 0.29) is 21.4 Å². The van der Waals surface area contributed by atoms with Gasteiger partial charge in [-0.25, -0.2) is 21.1 Å². The Morgan fingerprint density at radius 1 is 0.893 bits per heavy atom. The highest BCUT2D eigenvalue weighted by molar-refractivity contribution is 7.92. The van der Waals surface area contributed by atoms with Gasteiger partial charge in [-0.3, -0.25) is 4.72 Å². The van der Waals surface area contributed by atoms with Crippen LogP contribution in [-0.4, -0.2) is 41.8 Å². The van der Waals surface area contributed by atoms with Crippen LogP contribution in [0.3, 0.4) is 0 Å². The van der Waals surface area contributed by atoms with Crippen LogP contribution < -0.4 is 10.0 Å². The van der Waals surface area contributed by atoms with Crippen molar-refractivity contribution in [2.75, 3.05) is 30.7 Å². The molecule has 0 aliphatic rings. The third-order valence-electron chi connectivity index (χ3n) is 4.24. The van der Waals surface area contributed by atoms with Gasteiger partial charge in [-0.05, 0) is 48.7 Å². The minimum absolute atomic E-state index is 0.00649. The van der Waals surface area contributed by atoms with E-state index in [1.165, 1.54) is 26.2 Å². The smallest absolute Gasteiger partial charge is 0.261 e. The second-order valence-corrected chi connectivity index (χ2v) is 10.7. The Morgan fingerprint density at radius 3 is 1.96 bits per heavy atom. The van der Waals surface area contributed by atoms with E-state index in [2.05, 4.69) is 10.0 Å². The summed E-state index contributed by atoms with van der Waals surface area (Å²) in [5.41, 5.74) is 1.71. The number of hydrogen-bond donors (Lipinski definition) is 2. The highest BCUT2D eigenvalue weighted by atomic mass is 32.2. The van der Waals surface area contributed by atoms with Crippen molar-refractivity contribution in [1.82, 2.24) is 4.31 Å². The summed E-state index contributed by atoms with van der Waals surface area (Å²) in [6.45, 7) is 6.48. The Kier molecular flexibility index (Phi) is 6.74. The Labute approximate surface area is 167 Å². The zero-order valence-electron chi connectivity index (χ0n) is 16.7. The fourth-order valence-electron chi connectivity index (χ4n) is 2.56. The van der Waals surface area contributed by atoms with E-state index in [1.807, 2.05) is 20.8 Å². The van der Waals surface area contributed by atoms with Crippen LogP contribution in [0.1, 0.15) is 32.3 Å². The van der Waals surface area contributed by atoms with Gasteiger partial charge in [-0.15, -0.1) is 0 Å². The fraction of sp³-hybridized carbons (Fsp3) is 0.368. The number of anilines is 2. The highest BCUT2D eigenvalue weighted by Gasteiger charge is 2.21. The van der Waals surface area contributed by atoms with E-state index in [4.69, 9.17) is 0 Å². The Morgan fingerprint density at radius 2 is 1.46 bits per heavy atom. The van der Waals surface area contributed by atoms with Gasteiger partial charge in [0.1, 0.15) is 0 Å². The molecule has 2 N–H and O–H groups in total. The number of hydrogen-bond acceptors (Lipinski definition) is 5. The molecule has 0 saturated carbocycles. The lowest BCUT2D eigenvalue weighted by Gasteiger charge is -2.17. The predicted molar refractivity (Wildman–Crippen MR) is 113 cm³/mol. The molecule has 9 heteroatoms. The average Bonchev–Trinajstić information content (AvgIpc) is 2.63. The van der Waals surface area contributed by atoms with Gasteiger partial charge in [-0.1, -0.05) is 26.0 Å². The van der Waals surface area contributed by atoms with Crippen molar-refractivity contribution in [3.63, 3.8) is 0 Å². The van der Waals surface area contributed by atoms with Crippen molar-refractivity contribution < 1.29 is 16.8 Å². The minimum atomic E-state index is -3.88. The second kappa shape index (κ2) is 8.50. The molecule has 2 aromatic rings. The van der Waals surface area contributed by atoms with Crippen LogP contribution in [0.2, 0.25) is 0 Å². The van der Waals surface area contributed by atoms with Crippen molar-refractivity contribution >= 4 is 31.4 Å². The molecule has 0 aliphatic heterocycles. The van der Waals surface area contributed by atoms with E-state index >= 15 is 0 Å². The van der Waals surface area contributed by atoms with Crippen LogP contribution in [0.15, 0.2) is 52.3 Å². The first-order chi connectivity index (χ1) is 13.0. The van der Waals surface area contributed by atoms with Crippen molar-refractivity contribution in [2.24, 2.45) is 0 Å². The predicted octanol–water partition coefficient (Wildman–Crippen LogP) is 3.29. The quantitative estimate of drug-likeness (QED) is 0.677. The molecular weight excluding hydrogens is 398 g/mol. The number of rotatable bonds is 8. The molecule has 0 atom stereocenters. The molecule has 0 heterocycles. The number of benzene rings is 2. The highest BCUT2D eigenvalue weighted by Crippen LogP contribution is 2.29. The van der Waals surface area contributed by atoms with Crippen molar-refractivity contribution in [1.29, 1.82) is 0 Å². The Balaban J connectivity index is 2.47. The van der Waals surface area contributed by atoms with Crippen LogP contribution in [-0.2, 0) is 20.0 Å². The minimum Gasteiger partial charge on any atom is -0.384 e. The first-order valence-corrected chi connectivity index (χ1v) is 11.8. The van der Waals surface area contributed by atoms with Gasteiger partial charge >= 0.3 is 0 Å². The molecule has 2 aromatic carbocycles. The maximum Gasteiger partial charge on any atom is 0.261 e. The Bertz CT molecular complexity index is 1030. The zero-order valence-corrected chi connectivity index (χ0v) is 18.4. The normalized spacial score (nSPS) is 12.4. The standard InChI is InChI=1S/C19H27N3O4S2/c1-6-20-18-12-11-17(28(25,26)22(4)5)13-19(18)21-27(23,24)16-9-7-15(8-10-16)14(2)3/h7-14,20-21H,6H2,1-5H3. The SMILES string of the molecule is CCNc1ccc(S(=O)(=O)N(C)C)cc1NS(=O)(=O)c1ccc(C(C)C)cc1. The van der Waals surface area contributed by atoms with E-state index in [9.17, 15) is 16.8 Å². The van der Waals surface area contributed by atoms with Gasteiger partial charge in [0.25, 0.3) is 10.0 Å². The van der Waals surface area contributed by atoms with Crippen LogP contribution in [0.25, 0.3) is 0 Å². The number of sulfonamides is 2.